The number of rotatable bonds is 14. The number of nitrogens with zero attached hydrogens (tertiary/aromatic N) is 4. The summed E-state index contributed by atoms with van der Waals surface area (Å²) >= 11 is 1.36. The minimum atomic E-state index is -3.71. The minimum Gasteiger partial charge on any atom is -0.491 e. The van der Waals surface area contributed by atoms with E-state index in [1.54, 1.807) is 13.1 Å². The fourth-order valence-electron chi connectivity index (χ4n) is 3.00. The van der Waals surface area contributed by atoms with Gasteiger partial charge in [-0.3, -0.25) is 4.18 Å². The van der Waals surface area contributed by atoms with Crippen LogP contribution in [-0.2, 0) is 26.1 Å². The molecule has 262 valence electrons. The van der Waals surface area contributed by atoms with Crippen molar-refractivity contribution in [3.05, 3.63) is 59.7 Å². The third-order valence-electron chi connectivity index (χ3n) is 5.24. The molecule has 2 aromatic carbocycles. The van der Waals surface area contributed by atoms with E-state index in [4.69, 9.17) is 18.4 Å². The summed E-state index contributed by atoms with van der Waals surface area (Å²) in [6.07, 6.45) is 2.18. The van der Waals surface area contributed by atoms with Gasteiger partial charge in [-0.1, -0.05) is 103 Å². The van der Waals surface area contributed by atoms with Crippen LogP contribution in [0.25, 0.3) is 0 Å². The fourth-order valence-corrected chi connectivity index (χ4v) is 4.95. The summed E-state index contributed by atoms with van der Waals surface area (Å²) in [4.78, 5) is 0. The monoisotopic (exact) mass is 684 g/mol. The summed E-state index contributed by atoms with van der Waals surface area (Å²) in [5.74, 6) is 2.00. The highest BCUT2D eigenvalue weighted by Gasteiger charge is 2.23. The number of aromatic nitrogens is 4. The van der Waals surface area contributed by atoms with Gasteiger partial charge in [0.1, 0.15) is 36.9 Å². The highest BCUT2D eigenvalue weighted by atomic mass is 32.2. The lowest BCUT2D eigenvalue weighted by Gasteiger charge is -2.14. The van der Waals surface area contributed by atoms with Crippen LogP contribution < -0.4 is 9.47 Å². The molecule has 0 bridgehead atoms. The number of tetrazole rings is 1. The van der Waals surface area contributed by atoms with E-state index in [1.165, 1.54) is 34.8 Å². The Hall–Kier alpha value is -2.71. The standard InChI is InChI=1S/C15H22N4O5S2.C10H12O2.2C3H8.C2H6/c1-12-6-3-4-7-14(12)23-10-13(20)11-24-26(21,22)9-5-8-25-15-16-17-18-19(15)2;1-8-4-2-3-5-10(8)12-7-9-6-11-9;2*1-3-2;1-2/h3-4,6-7,13,20H,5,8-11H2,1-2H3;2-5,9H,6-7H2,1H3;2*3H2,1-2H3;1-2H3. The molecule has 0 amide bonds. The molecule has 13 heteroatoms. The number of aliphatic hydroxyl groups is 1. The Bertz CT molecular complexity index is 1270. The van der Waals surface area contributed by atoms with Crippen LogP contribution >= 0.6 is 11.8 Å². The summed E-state index contributed by atoms with van der Waals surface area (Å²) in [7, 11) is -2.00. The van der Waals surface area contributed by atoms with Gasteiger partial charge in [0.25, 0.3) is 10.1 Å². The summed E-state index contributed by atoms with van der Waals surface area (Å²) < 4.78 is 46.1. The van der Waals surface area contributed by atoms with Gasteiger partial charge in [0.2, 0.25) is 5.16 Å². The van der Waals surface area contributed by atoms with Crippen LogP contribution in [0, 0.1) is 13.8 Å². The van der Waals surface area contributed by atoms with Crippen LogP contribution in [0.1, 0.15) is 71.9 Å². The smallest absolute Gasteiger partial charge is 0.267 e. The molecule has 11 nitrogen and oxygen atoms in total. The van der Waals surface area contributed by atoms with E-state index in [1.807, 2.05) is 70.2 Å². The molecule has 1 saturated heterocycles. The number of hydrogen-bond donors (Lipinski definition) is 1. The molecule has 2 heterocycles. The normalized spacial score (nSPS) is 13.6. The molecule has 3 aromatic rings. The molecular formula is C33H56N4O7S2. The first-order valence-electron chi connectivity index (χ1n) is 15.9. The number of ether oxygens (including phenoxy) is 3. The van der Waals surface area contributed by atoms with Gasteiger partial charge in [0, 0.05) is 12.8 Å². The lowest BCUT2D eigenvalue weighted by molar-refractivity contribution is 0.0646. The number of para-hydroxylation sites is 2. The first kappa shape index (κ1) is 43.3. The Morgan fingerprint density at radius 3 is 1.96 bits per heavy atom. The number of aliphatic hydroxyl groups excluding tert-OH is 1. The van der Waals surface area contributed by atoms with E-state index in [0.717, 1.165) is 17.9 Å². The zero-order valence-corrected chi connectivity index (χ0v) is 30.8. The largest absolute Gasteiger partial charge is 0.491 e. The van der Waals surface area contributed by atoms with Crippen molar-refractivity contribution in [3.8, 4) is 11.5 Å². The molecule has 46 heavy (non-hydrogen) atoms. The van der Waals surface area contributed by atoms with Crippen LogP contribution in [0.4, 0.5) is 0 Å². The van der Waals surface area contributed by atoms with Crippen LogP contribution in [0.5, 0.6) is 11.5 Å². The van der Waals surface area contributed by atoms with Gasteiger partial charge in [-0.15, -0.1) is 5.10 Å². The van der Waals surface area contributed by atoms with Crippen LogP contribution in [-0.4, -0.2) is 83.9 Å². The van der Waals surface area contributed by atoms with Crippen molar-refractivity contribution in [2.45, 2.75) is 92.0 Å². The number of hydrogen-bond acceptors (Lipinski definition) is 11. The van der Waals surface area contributed by atoms with E-state index in [9.17, 15) is 13.5 Å². The fraction of sp³-hybridized carbons (Fsp3) is 0.606. The zero-order chi connectivity index (χ0) is 34.8. The lowest BCUT2D eigenvalue weighted by Crippen LogP contribution is -2.26. The van der Waals surface area contributed by atoms with Crippen LogP contribution in [0.3, 0.4) is 0 Å². The maximum Gasteiger partial charge on any atom is 0.267 e. The van der Waals surface area contributed by atoms with E-state index in [0.29, 0.717) is 35.8 Å². The summed E-state index contributed by atoms with van der Waals surface area (Å²) in [5.41, 5.74) is 2.11. The van der Waals surface area contributed by atoms with Crippen molar-refractivity contribution in [3.63, 3.8) is 0 Å². The van der Waals surface area contributed by atoms with E-state index in [-0.39, 0.29) is 19.0 Å². The zero-order valence-electron chi connectivity index (χ0n) is 29.1. The third-order valence-corrected chi connectivity index (χ3v) is 7.62. The second-order valence-electron chi connectivity index (χ2n) is 10.0. The summed E-state index contributed by atoms with van der Waals surface area (Å²) in [6, 6.07) is 15.4. The summed E-state index contributed by atoms with van der Waals surface area (Å²) in [6.45, 7) is 17.6. The molecule has 2 atom stereocenters. The van der Waals surface area contributed by atoms with Gasteiger partial charge >= 0.3 is 0 Å². The maximum absolute atomic E-state index is 11.9. The number of benzene rings is 2. The quantitative estimate of drug-likeness (QED) is 0.0871. The van der Waals surface area contributed by atoms with Gasteiger partial charge in [0.15, 0.2) is 0 Å². The Balaban J connectivity index is 0.000000832. The molecule has 1 aromatic heterocycles. The van der Waals surface area contributed by atoms with Crippen molar-refractivity contribution in [1.29, 1.82) is 0 Å². The van der Waals surface area contributed by atoms with Crippen molar-refractivity contribution in [2.24, 2.45) is 7.05 Å². The van der Waals surface area contributed by atoms with Gasteiger partial charge in [-0.25, -0.2) is 4.68 Å². The molecule has 4 rings (SSSR count). The second-order valence-corrected chi connectivity index (χ2v) is 12.8. The molecule has 1 fully saturated rings. The van der Waals surface area contributed by atoms with Crippen molar-refractivity contribution in [2.75, 3.05) is 37.9 Å². The number of thioether (sulfide) groups is 1. The lowest BCUT2D eigenvalue weighted by atomic mass is 10.2. The van der Waals surface area contributed by atoms with Crippen LogP contribution in [0.15, 0.2) is 53.7 Å². The maximum atomic E-state index is 11.9. The van der Waals surface area contributed by atoms with Gasteiger partial charge in [0.05, 0.1) is 19.0 Å². The molecular weight excluding hydrogens is 629 g/mol. The predicted molar refractivity (Wildman–Crippen MR) is 186 cm³/mol. The summed E-state index contributed by atoms with van der Waals surface area (Å²) in [5, 5.41) is 21.5. The molecule has 0 spiro atoms. The Morgan fingerprint density at radius 2 is 1.48 bits per heavy atom. The van der Waals surface area contributed by atoms with E-state index in [2.05, 4.69) is 43.2 Å². The molecule has 1 aliphatic rings. The molecule has 2 unspecified atom stereocenters. The number of epoxide rings is 1. The predicted octanol–water partition coefficient (Wildman–Crippen LogP) is 6.42. The van der Waals surface area contributed by atoms with Crippen LogP contribution in [0.2, 0.25) is 0 Å². The van der Waals surface area contributed by atoms with E-state index < -0.39 is 16.2 Å². The first-order chi connectivity index (χ1) is 22.1. The third kappa shape index (κ3) is 21.2. The Morgan fingerprint density at radius 1 is 0.957 bits per heavy atom. The molecule has 0 radical (unpaired) electrons. The molecule has 0 saturated carbocycles. The average molecular weight is 685 g/mol. The molecule has 1 aliphatic heterocycles. The van der Waals surface area contributed by atoms with Crippen molar-refractivity contribution >= 4 is 21.9 Å². The average Bonchev–Trinajstić information content (AvgIpc) is 3.78. The van der Waals surface area contributed by atoms with Gasteiger partial charge in [-0.05, 0) is 54.0 Å². The SMILES string of the molecule is CC.CCC.CCC.Cc1ccccc1OCC(O)COS(=O)(=O)CCCSc1nnnn1C.Cc1ccccc1OCC1CO1. The van der Waals surface area contributed by atoms with Gasteiger partial charge in [-0.2, -0.15) is 8.42 Å². The van der Waals surface area contributed by atoms with Crippen molar-refractivity contribution in [1.82, 2.24) is 20.2 Å². The first-order valence-corrected chi connectivity index (χ1v) is 18.5. The van der Waals surface area contributed by atoms with Crippen molar-refractivity contribution < 1.29 is 31.9 Å². The molecule has 0 aliphatic carbocycles. The molecule has 1 N–H and O–H groups in total. The topological polar surface area (TPSA) is 138 Å². The minimum absolute atomic E-state index is 0.0462. The van der Waals surface area contributed by atoms with Gasteiger partial charge < -0.3 is 19.3 Å². The Labute approximate surface area is 281 Å². The van der Waals surface area contributed by atoms with E-state index >= 15 is 0 Å². The number of aryl methyl sites for hydroxylation is 3. The highest BCUT2D eigenvalue weighted by Crippen LogP contribution is 2.19. The highest BCUT2D eigenvalue weighted by molar-refractivity contribution is 7.99. The second kappa shape index (κ2) is 26.4. The Kier molecular flexibility index (Phi) is 24.8.